The number of halogens is 1. The summed E-state index contributed by atoms with van der Waals surface area (Å²) in [7, 11) is 1.84. The SMILES string of the molecule is CNc1nc(-c2cccnc2)nc2cc(-c3ccc(F)cc3)ccc12. The van der Waals surface area contributed by atoms with Gasteiger partial charge in [-0.05, 0) is 47.5 Å². The molecule has 0 spiro atoms. The normalized spacial score (nSPS) is 10.8. The fraction of sp³-hybridized carbons (Fsp3) is 0.0500. The fourth-order valence-electron chi connectivity index (χ4n) is 2.77. The van der Waals surface area contributed by atoms with Crippen LogP contribution in [0.1, 0.15) is 0 Å². The van der Waals surface area contributed by atoms with E-state index < -0.39 is 0 Å². The zero-order valence-corrected chi connectivity index (χ0v) is 13.6. The van der Waals surface area contributed by atoms with Crippen LogP contribution in [0.2, 0.25) is 0 Å². The smallest absolute Gasteiger partial charge is 0.163 e. The molecule has 0 fully saturated rings. The Morgan fingerprint density at radius 1 is 0.880 bits per heavy atom. The van der Waals surface area contributed by atoms with Crippen molar-refractivity contribution in [3.05, 3.63) is 72.8 Å². The molecule has 2 heterocycles. The first-order chi connectivity index (χ1) is 12.2. The highest BCUT2D eigenvalue weighted by atomic mass is 19.1. The Bertz CT molecular complexity index is 1030. The van der Waals surface area contributed by atoms with Gasteiger partial charge >= 0.3 is 0 Å². The van der Waals surface area contributed by atoms with Gasteiger partial charge in [0.1, 0.15) is 11.6 Å². The summed E-state index contributed by atoms with van der Waals surface area (Å²) in [6, 6.07) is 16.2. The number of benzene rings is 2. The second kappa shape index (κ2) is 6.28. The molecule has 2 aromatic carbocycles. The van der Waals surface area contributed by atoms with Crippen molar-refractivity contribution in [2.45, 2.75) is 0 Å². The lowest BCUT2D eigenvalue weighted by Gasteiger charge is -2.10. The third-order valence-corrected chi connectivity index (χ3v) is 4.03. The molecule has 122 valence electrons. The van der Waals surface area contributed by atoms with E-state index >= 15 is 0 Å². The highest BCUT2D eigenvalue weighted by Crippen LogP contribution is 2.29. The van der Waals surface area contributed by atoms with E-state index in [1.807, 2.05) is 37.4 Å². The summed E-state index contributed by atoms with van der Waals surface area (Å²) in [6.45, 7) is 0. The lowest BCUT2D eigenvalue weighted by molar-refractivity contribution is 0.628. The van der Waals surface area contributed by atoms with Crippen molar-refractivity contribution in [1.82, 2.24) is 15.0 Å². The van der Waals surface area contributed by atoms with Gasteiger partial charge in [-0.1, -0.05) is 18.2 Å². The second-order valence-electron chi connectivity index (χ2n) is 5.63. The van der Waals surface area contributed by atoms with Crippen molar-refractivity contribution in [3.63, 3.8) is 0 Å². The molecule has 0 saturated carbocycles. The molecule has 5 heteroatoms. The van der Waals surface area contributed by atoms with Crippen LogP contribution >= 0.6 is 0 Å². The Hall–Kier alpha value is -3.34. The van der Waals surface area contributed by atoms with Crippen LogP contribution in [0.5, 0.6) is 0 Å². The molecule has 0 aliphatic rings. The van der Waals surface area contributed by atoms with Gasteiger partial charge in [-0.3, -0.25) is 4.98 Å². The molecule has 0 amide bonds. The molecule has 0 saturated heterocycles. The molecule has 0 bridgehead atoms. The summed E-state index contributed by atoms with van der Waals surface area (Å²) in [5, 5.41) is 4.06. The molecule has 4 aromatic rings. The predicted octanol–water partition coefficient (Wildman–Crippen LogP) is 4.54. The molecule has 25 heavy (non-hydrogen) atoms. The van der Waals surface area contributed by atoms with Crippen LogP contribution < -0.4 is 5.32 Å². The van der Waals surface area contributed by atoms with E-state index in [1.165, 1.54) is 12.1 Å². The second-order valence-corrected chi connectivity index (χ2v) is 5.63. The molecule has 2 aromatic heterocycles. The van der Waals surface area contributed by atoms with Gasteiger partial charge in [0.15, 0.2) is 5.82 Å². The summed E-state index contributed by atoms with van der Waals surface area (Å²) >= 11 is 0. The van der Waals surface area contributed by atoms with Gasteiger partial charge in [0.25, 0.3) is 0 Å². The molecule has 0 atom stereocenters. The third kappa shape index (κ3) is 2.92. The van der Waals surface area contributed by atoms with E-state index in [9.17, 15) is 4.39 Å². The third-order valence-electron chi connectivity index (χ3n) is 4.03. The topological polar surface area (TPSA) is 50.7 Å². The molecular formula is C20H15FN4. The zero-order valence-electron chi connectivity index (χ0n) is 13.6. The summed E-state index contributed by atoms with van der Waals surface area (Å²) in [5.41, 5.74) is 3.59. The van der Waals surface area contributed by atoms with E-state index in [0.29, 0.717) is 5.82 Å². The molecule has 0 aliphatic carbocycles. The number of anilines is 1. The first-order valence-electron chi connectivity index (χ1n) is 7.90. The minimum Gasteiger partial charge on any atom is -0.373 e. The number of fused-ring (bicyclic) bond motifs is 1. The van der Waals surface area contributed by atoms with Crippen molar-refractivity contribution in [3.8, 4) is 22.5 Å². The first-order valence-corrected chi connectivity index (χ1v) is 7.90. The number of hydrogen-bond acceptors (Lipinski definition) is 4. The van der Waals surface area contributed by atoms with Gasteiger partial charge in [-0.15, -0.1) is 0 Å². The van der Waals surface area contributed by atoms with E-state index in [0.717, 1.165) is 33.4 Å². The van der Waals surface area contributed by atoms with Crippen LogP contribution in [0.25, 0.3) is 33.4 Å². The van der Waals surface area contributed by atoms with Crippen LogP contribution in [0.3, 0.4) is 0 Å². The Labute approximate surface area is 144 Å². The number of aromatic nitrogens is 3. The molecule has 4 nitrogen and oxygen atoms in total. The van der Waals surface area contributed by atoms with E-state index in [2.05, 4.69) is 15.3 Å². The van der Waals surface area contributed by atoms with Crippen molar-refractivity contribution in [1.29, 1.82) is 0 Å². The average molecular weight is 330 g/mol. The van der Waals surface area contributed by atoms with Crippen LogP contribution in [-0.4, -0.2) is 22.0 Å². The molecule has 0 radical (unpaired) electrons. The van der Waals surface area contributed by atoms with Crippen LogP contribution in [0.4, 0.5) is 10.2 Å². The molecule has 4 rings (SSSR count). The number of hydrogen-bond donors (Lipinski definition) is 1. The molecular weight excluding hydrogens is 315 g/mol. The Morgan fingerprint density at radius 3 is 2.40 bits per heavy atom. The Kier molecular flexibility index (Phi) is 3.82. The quantitative estimate of drug-likeness (QED) is 0.599. The van der Waals surface area contributed by atoms with E-state index in [4.69, 9.17) is 4.98 Å². The summed E-state index contributed by atoms with van der Waals surface area (Å²) < 4.78 is 13.2. The first kappa shape index (κ1) is 15.2. The van der Waals surface area contributed by atoms with E-state index in [1.54, 1.807) is 24.5 Å². The number of pyridine rings is 1. The maximum absolute atomic E-state index is 13.2. The van der Waals surface area contributed by atoms with Gasteiger partial charge < -0.3 is 5.32 Å². The minimum atomic E-state index is -0.247. The summed E-state index contributed by atoms with van der Waals surface area (Å²) in [6.07, 6.45) is 3.46. The standard InChI is InChI=1S/C20H15FN4/c1-22-20-17-9-6-14(13-4-7-16(21)8-5-13)11-18(17)24-19(25-20)15-3-2-10-23-12-15/h2-12H,1H3,(H,22,24,25). The van der Waals surface area contributed by atoms with Crippen molar-refractivity contribution in [2.75, 3.05) is 12.4 Å². The summed E-state index contributed by atoms with van der Waals surface area (Å²) in [4.78, 5) is 13.4. The summed E-state index contributed by atoms with van der Waals surface area (Å²) in [5.74, 6) is 1.12. The lowest BCUT2D eigenvalue weighted by atomic mass is 10.0. The zero-order chi connectivity index (χ0) is 17.2. The van der Waals surface area contributed by atoms with Gasteiger partial charge in [-0.25, -0.2) is 14.4 Å². The maximum Gasteiger partial charge on any atom is 0.163 e. The highest BCUT2D eigenvalue weighted by Gasteiger charge is 2.10. The van der Waals surface area contributed by atoms with Gasteiger partial charge in [0.2, 0.25) is 0 Å². The van der Waals surface area contributed by atoms with Gasteiger partial charge in [0.05, 0.1) is 5.52 Å². The lowest BCUT2D eigenvalue weighted by Crippen LogP contribution is -1.99. The molecule has 0 unspecified atom stereocenters. The van der Waals surface area contributed by atoms with Crippen LogP contribution in [0.15, 0.2) is 67.0 Å². The van der Waals surface area contributed by atoms with Gasteiger partial charge in [0, 0.05) is 30.4 Å². The van der Waals surface area contributed by atoms with Crippen LogP contribution in [0, 0.1) is 5.82 Å². The van der Waals surface area contributed by atoms with E-state index in [-0.39, 0.29) is 5.82 Å². The number of nitrogens with one attached hydrogen (secondary N) is 1. The predicted molar refractivity (Wildman–Crippen MR) is 97.7 cm³/mol. The van der Waals surface area contributed by atoms with Crippen molar-refractivity contribution < 1.29 is 4.39 Å². The van der Waals surface area contributed by atoms with Crippen LogP contribution in [-0.2, 0) is 0 Å². The number of nitrogens with zero attached hydrogens (tertiary/aromatic N) is 3. The Morgan fingerprint density at radius 2 is 1.68 bits per heavy atom. The van der Waals surface area contributed by atoms with Crippen molar-refractivity contribution in [2.24, 2.45) is 0 Å². The fourth-order valence-corrected chi connectivity index (χ4v) is 2.77. The number of rotatable bonds is 3. The highest BCUT2D eigenvalue weighted by molar-refractivity contribution is 5.93. The monoisotopic (exact) mass is 330 g/mol. The largest absolute Gasteiger partial charge is 0.373 e. The van der Waals surface area contributed by atoms with Crippen molar-refractivity contribution >= 4 is 16.7 Å². The molecule has 0 aliphatic heterocycles. The van der Waals surface area contributed by atoms with Gasteiger partial charge in [-0.2, -0.15) is 0 Å². The molecule has 1 N–H and O–H groups in total. The average Bonchev–Trinajstić information content (AvgIpc) is 2.68. The minimum absolute atomic E-state index is 0.247. The maximum atomic E-state index is 13.2. The Balaban J connectivity index is 1.89.